The van der Waals surface area contributed by atoms with Crippen LogP contribution in [0.15, 0.2) is 36.4 Å². The first-order chi connectivity index (χ1) is 9.50. The van der Waals surface area contributed by atoms with E-state index in [-0.39, 0.29) is 21.8 Å². The average Bonchev–Trinajstić information content (AvgIpc) is 2.41. The van der Waals surface area contributed by atoms with Gasteiger partial charge in [-0.3, -0.25) is 0 Å². The first kappa shape index (κ1) is 14.3. The number of halogens is 3. The minimum atomic E-state index is -0.798. The maximum absolute atomic E-state index is 13.4. The summed E-state index contributed by atoms with van der Waals surface area (Å²) < 4.78 is 31.6. The predicted molar refractivity (Wildman–Crippen MR) is 71.3 cm³/mol. The Labute approximate surface area is 118 Å². The summed E-state index contributed by atoms with van der Waals surface area (Å²) in [6.07, 6.45) is 0. The maximum Gasteiger partial charge on any atom is 0.340 e. The number of anilines is 1. The Morgan fingerprint density at radius 1 is 1.15 bits per heavy atom. The molecule has 2 N–H and O–H groups in total. The zero-order valence-corrected chi connectivity index (χ0v) is 11.0. The van der Waals surface area contributed by atoms with Gasteiger partial charge in [0.15, 0.2) is 0 Å². The number of rotatable bonds is 3. The average molecular weight is 298 g/mol. The molecule has 104 valence electrons. The Hall–Kier alpha value is -2.14. The molecule has 0 unspecified atom stereocenters. The Kier molecular flexibility index (Phi) is 4.20. The second kappa shape index (κ2) is 5.88. The Morgan fingerprint density at radius 2 is 1.75 bits per heavy atom. The molecule has 0 atom stereocenters. The third-order valence-corrected chi connectivity index (χ3v) is 3.01. The number of ether oxygens (including phenoxy) is 1. The monoisotopic (exact) mass is 297 g/mol. The van der Waals surface area contributed by atoms with E-state index in [2.05, 4.69) is 0 Å². The molecule has 0 aliphatic heterocycles. The number of carbonyl (C=O) groups excluding carboxylic acids is 1. The third kappa shape index (κ3) is 2.88. The van der Waals surface area contributed by atoms with Crippen molar-refractivity contribution in [2.24, 2.45) is 0 Å². The highest BCUT2D eigenvalue weighted by Gasteiger charge is 2.15. The fraction of sp³-hybridized carbons (Fsp3) is 0.0714. The fourth-order valence-corrected chi connectivity index (χ4v) is 1.78. The normalized spacial score (nSPS) is 10.3. The van der Waals surface area contributed by atoms with Crippen LogP contribution in [0.2, 0.25) is 5.02 Å². The number of nitrogens with two attached hydrogens (primary N) is 1. The topological polar surface area (TPSA) is 52.3 Å². The number of para-hydroxylation sites is 1. The lowest BCUT2D eigenvalue weighted by Crippen LogP contribution is -2.10. The number of hydrogen-bond acceptors (Lipinski definition) is 3. The van der Waals surface area contributed by atoms with E-state index >= 15 is 0 Å². The molecule has 2 aromatic carbocycles. The minimum absolute atomic E-state index is 0.0502. The highest BCUT2D eigenvalue weighted by Crippen LogP contribution is 2.23. The van der Waals surface area contributed by atoms with Gasteiger partial charge in [-0.1, -0.05) is 23.7 Å². The zero-order chi connectivity index (χ0) is 14.7. The van der Waals surface area contributed by atoms with E-state index in [4.69, 9.17) is 22.1 Å². The standard InChI is InChI=1S/C14H10ClF2NO2/c15-10-4-1-3-8(13(10)18)14(19)20-7-9-11(16)5-2-6-12(9)17/h1-6H,7,18H2. The van der Waals surface area contributed by atoms with Gasteiger partial charge in [-0.25, -0.2) is 13.6 Å². The van der Waals surface area contributed by atoms with Crippen LogP contribution in [-0.2, 0) is 11.3 Å². The van der Waals surface area contributed by atoms with Crippen molar-refractivity contribution >= 4 is 23.3 Å². The maximum atomic E-state index is 13.4. The van der Waals surface area contributed by atoms with Crippen molar-refractivity contribution in [2.75, 3.05) is 5.73 Å². The predicted octanol–water partition coefficient (Wildman–Crippen LogP) is 3.56. The zero-order valence-electron chi connectivity index (χ0n) is 10.2. The van der Waals surface area contributed by atoms with Crippen LogP contribution in [0.3, 0.4) is 0 Å². The van der Waals surface area contributed by atoms with Crippen molar-refractivity contribution in [3.05, 3.63) is 64.2 Å². The van der Waals surface area contributed by atoms with Gasteiger partial charge in [0.05, 0.1) is 21.8 Å². The number of benzene rings is 2. The van der Waals surface area contributed by atoms with Gasteiger partial charge in [-0.2, -0.15) is 0 Å². The minimum Gasteiger partial charge on any atom is -0.457 e. The van der Waals surface area contributed by atoms with Crippen LogP contribution < -0.4 is 5.73 Å². The van der Waals surface area contributed by atoms with E-state index in [1.165, 1.54) is 24.3 Å². The molecule has 0 aliphatic rings. The number of nitrogen functional groups attached to an aromatic ring is 1. The Morgan fingerprint density at radius 3 is 2.40 bits per heavy atom. The van der Waals surface area contributed by atoms with E-state index in [0.29, 0.717) is 0 Å². The van der Waals surface area contributed by atoms with Gasteiger partial charge in [0.2, 0.25) is 0 Å². The van der Waals surface area contributed by atoms with Gasteiger partial charge < -0.3 is 10.5 Å². The van der Waals surface area contributed by atoms with Crippen LogP contribution in [0.1, 0.15) is 15.9 Å². The van der Waals surface area contributed by atoms with E-state index in [0.717, 1.165) is 12.1 Å². The summed E-state index contributed by atoms with van der Waals surface area (Å²) in [5.41, 5.74) is 5.43. The van der Waals surface area contributed by atoms with Gasteiger partial charge in [0, 0.05) is 0 Å². The first-order valence-corrected chi connectivity index (χ1v) is 6.02. The molecule has 0 aromatic heterocycles. The summed E-state index contributed by atoms with van der Waals surface area (Å²) in [4.78, 5) is 11.8. The molecule has 0 radical (unpaired) electrons. The molecule has 0 fully saturated rings. The molecule has 2 rings (SSSR count). The van der Waals surface area contributed by atoms with Crippen molar-refractivity contribution < 1.29 is 18.3 Å². The molecule has 0 saturated heterocycles. The summed E-state index contributed by atoms with van der Waals surface area (Å²) in [7, 11) is 0. The van der Waals surface area contributed by atoms with Gasteiger partial charge in [0.1, 0.15) is 18.2 Å². The van der Waals surface area contributed by atoms with E-state index in [1.807, 2.05) is 0 Å². The van der Waals surface area contributed by atoms with Crippen molar-refractivity contribution in [3.8, 4) is 0 Å². The number of hydrogen-bond donors (Lipinski definition) is 1. The molecule has 0 aliphatic carbocycles. The van der Waals surface area contributed by atoms with Gasteiger partial charge in [-0.15, -0.1) is 0 Å². The summed E-state index contributed by atoms with van der Waals surface area (Å²) in [6, 6.07) is 7.86. The molecule has 20 heavy (non-hydrogen) atoms. The van der Waals surface area contributed by atoms with E-state index < -0.39 is 24.2 Å². The van der Waals surface area contributed by atoms with Crippen LogP contribution in [0.4, 0.5) is 14.5 Å². The fourth-order valence-electron chi connectivity index (χ4n) is 1.60. The van der Waals surface area contributed by atoms with Gasteiger partial charge in [-0.05, 0) is 24.3 Å². The SMILES string of the molecule is Nc1c(Cl)cccc1C(=O)OCc1c(F)cccc1F. The molecule has 0 spiro atoms. The molecule has 0 bridgehead atoms. The van der Waals surface area contributed by atoms with Gasteiger partial charge >= 0.3 is 5.97 Å². The van der Waals surface area contributed by atoms with E-state index in [9.17, 15) is 13.6 Å². The molecule has 2 aromatic rings. The van der Waals surface area contributed by atoms with Crippen molar-refractivity contribution in [2.45, 2.75) is 6.61 Å². The number of carbonyl (C=O) groups is 1. The second-order valence-electron chi connectivity index (χ2n) is 3.98. The first-order valence-electron chi connectivity index (χ1n) is 5.64. The largest absolute Gasteiger partial charge is 0.457 e. The third-order valence-electron chi connectivity index (χ3n) is 2.68. The molecule has 0 heterocycles. The smallest absolute Gasteiger partial charge is 0.340 e. The van der Waals surface area contributed by atoms with Crippen molar-refractivity contribution in [1.29, 1.82) is 0 Å². The Bertz CT molecular complexity index is 641. The molecule has 0 saturated carbocycles. The molecule has 0 amide bonds. The van der Waals surface area contributed by atoms with Crippen LogP contribution in [-0.4, -0.2) is 5.97 Å². The Balaban J connectivity index is 2.15. The van der Waals surface area contributed by atoms with E-state index in [1.54, 1.807) is 0 Å². The van der Waals surface area contributed by atoms with Crippen LogP contribution in [0.5, 0.6) is 0 Å². The van der Waals surface area contributed by atoms with Crippen LogP contribution >= 0.6 is 11.6 Å². The summed E-state index contributed by atoms with van der Waals surface area (Å²) in [5.74, 6) is -2.36. The van der Waals surface area contributed by atoms with Crippen molar-refractivity contribution in [3.63, 3.8) is 0 Å². The summed E-state index contributed by atoms with van der Waals surface area (Å²) in [5, 5.41) is 0.205. The molecular formula is C14H10ClF2NO2. The van der Waals surface area contributed by atoms with Crippen molar-refractivity contribution in [1.82, 2.24) is 0 Å². The lowest BCUT2D eigenvalue weighted by atomic mass is 10.2. The lowest BCUT2D eigenvalue weighted by Gasteiger charge is -2.09. The highest BCUT2D eigenvalue weighted by molar-refractivity contribution is 6.33. The molecule has 3 nitrogen and oxygen atoms in total. The van der Waals surface area contributed by atoms with Gasteiger partial charge in [0.25, 0.3) is 0 Å². The van der Waals surface area contributed by atoms with Crippen LogP contribution in [0, 0.1) is 11.6 Å². The quantitative estimate of drug-likeness (QED) is 0.696. The molecular weight excluding hydrogens is 288 g/mol. The highest BCUT2D eigenvalue weighted by atomic mass is 35.5. The lowest BCUT2D eigenvalue weighted by molar-refractivity contribution is 0.0466. The number of esters is 1. The summed E-state index contributed by atoms with van der Waals surface area (Å²) >= 11 is 5.77. The molecule has 6 heteroatoms. The van der Waals surface area contributed by atoms with Crippen LogP contribution in [0.25, 0.3) is 0 Å². The summed E-state index contributed by atoms with van der Waals surface area (Å²) in [6.45, 7) is -0.525. The second-order valence-corrected chi connectivity index (χ2v) is 4.38.